The van der Waals surface area contributed by atoms with Gasteiger partial charge in [0.25, 0.3) is 0 Å². The van der Waals surface area contributed by atoms with Crippen molar-refractivity contribution in [1.29, 1.82) is 0 Å². The van der Waals surface area contributed by atoms with Crippen LogP contribution in [0.15, 0.2) is 58.5 Å². The summed E-state index contributed by atoms with van der Waals surface area (Å²) in [5.41, 5.74) is 0.174. The molecule has 8 heteroatoms. The topological polar surface area (TPSA) is 93.4 Å². The number of ether oxygens (including phenoxy) is 5. The highest BCUT2D eigenvalue weighted by atomic mass is 16.5. The predicted molar refractivity (Wildman–Crippen MR) is 123 cm³/mol. The van der Waals surface area contributed by atoms with Gasteiger partial charge in [-0.15, -0.1) is 0 Å². The molecule has 2 aromatic carbocycles. The standard InChI is InChI=1S/C25H24O8/c1-5-11-31-19-13-16(8-9-18(19)28-4)24-25(32-12-10-26)23(27)22-20(30-7-3)14-17(29-6-2)15-21(22)33-24/h5,8-9,12-15H,1,6-7,11H2,2-4H3. The Morgan fingerprint density at radius 1 is 1.03 bits per heavy atom. The zero-order valence-corrected chi connectivity index (χ0v) is 18.6. The molecule has 0 bridgehead atoms. The average molecular weight is 452 g/mol. The lowest BCUT2D eigenvalue weighted by Crippen LogP contribution is -2.10. The third kappa shape index (κ3) is 5.02. The van der Waals surface area contributed by atoms with Gasteiger partial charge in [-0.05, 0) is 32.0 Å². The zero-order chi connectivity index (χ0) is 23.8. The lowest BCUT2D eigenvalue weighted by Gasteiger charge is -2.15. The SMILES string of the molecule is C=CCOc1cc(-c2oc3cc(OCC)cc(OCC)c3c(=O)c2OC=C=O)ccc1OC. The van der Waals surface area contributed by atoms with Gasteiger partial charge in [-0.3, -0.25) is 4.79 Å². The minimum atomic E-state index is -0.520. The lowest BCUT2D eigenvalue weighted by atomic mass is 10.1. The molecule has 1 aromatic heterocycles. The highest BCUT2D eigenvalue weighted by molar-refractivity contribution is 5.89. The fourth-order valence-corrected chi connectivity index (χ4v) is 3.22. The van der Waals surface area contributed by atoms with Gasteiger partial charge in [0.15, 0.2) is 29.5 Å². The largest absolute Gasteiger partial charge is 0.494 e. The smallest absolute Gasteiger partial charge is 0.239 e. The van der Waals surface area contributed by atoms with Gasteiger partial charge in [0, 0.05) is 17.7 Å². The zero-order valence-electron chi connectivity index (χ0n) is 18.6. The van der Waals surface area contributed by atoms with Crippen LogP contribution in [0.2, 0.25) is 0 Å². The van der Waals surface area contributed by atoms with Crippen LogP contribution >= 0.6 is 0 Å². The molecule has 0 radical (unpaired) electrons. The van der Waals surface area contributed by atoms with Crippen molar-refractivity contribution >= 4 is 16.9 Å². The Balaban J connectivity index is 2.33. The minimum Gasteiger partial charge on any atom is -0.494 e. The maximum atomic E-state index is 13.4. The van der Waals surface area contributed by atoms with Crippen LogP contribution in [0.25, 0.3) is 22.3 Å². The number of benzene rings is 2. The molecule has 0 aliphatic carbocycles. The van der Waals surface area contributed by atoms with Crippen molar-refractivity contribution in [2.24, 2.45) is 0 Å². The fourth-order valence-electron chi connectivity index (χ4n) is 3.22. The number of hydrogen-bond donors (Lipinski definition) is 0. The molecule has 0 amide bonds. The molecular formula is C25H24O8. The first-order valence-corrected chi connectivity index (χ1v) is 10.3. The molecule has 3 aromatic rings. The molecule has 8 nitrogen and oxygen atoms in total. The first-order valence-electron chi connectivity index (χ1n) is 10.3. The molecule has 0 N–H and O–H groups in total. The summed E-state index contributed by atoms with van der Waals surface area (Å²) in [5.74, 6) is 3.05. The molecule has 1 heterocycles. The second kappa shape index (κ2) is 10.9. The van der Waals surface area contributed by atoms with Gasteiger partial charge in [-0.1, -0.05) is 12.7 Å². The molecule has 0 saturated carbocycles. The summed E-state index contributed by atoms with van der Waals surface area (Å²) in [5, 5.41) is 0.162. The van der Waals surface area contributed by atoms with Crippen LogP contribution in [0.1, 0.15) is 13.8 Å². The van der Waals surface area contributed by atoms with Gasteiger partial charge in [0.2, 0.25) is 11.2 Å². The van der Waals surface area contributed by atoms with Crippen molar-refractivity contribution in [2.75, 3.05) is 26.9 Å². The summed E-state index contributed by atoms with van der Waals surface area (Å²) >= 11 is 0. The predicted octanol–water partition coefficient (Wildman–Crippen LogP) is 4.55. The maximum Gasteiger partial charge on any atom is 0.239 e. The molecule has 0 aliphatic heterocycles. The summed E-state index contributed by atoms with van der Waals surface area (Å²) in [4.78, 5) is 24.3. The van der Waals surface area contributed by atoms with Crippen LogP contribution in [0.3, 0.4) is 0 Å². The summed E-state index contributed by atoms with van der Waals surface area (Å²) in [6, 6.07) is 8.19. The molecule has 172 valence electrons. The number of fused-ring (bicyclic) bond motifs is 1. The molecule has 0 aliphatic rings. The molecule has 0 unspecified atom stereocenters. The van der Waals surface area contributed by atoms with Crippen molar-refractivity contribution in [1.82, 2.24) is 0 Å². The average Bonchev–Trinajstić information content (AvgIpc) is 2.82. The monoisotopic (exact) mass is 452 g/mol. The van der Waals surface area contributed by atoms with Gasteiger partial charge < -0.3 is 28.1 Å². The Bertz CT molecular complexity index is 1250. The van der Waals surface area contributed by atoms with E-state index in [0.717, 1.165) is 6.26 Å². The van der Waals surface area contributed by atoms with E-state index in [4.69, 9.17) is 28.1 Å². The van der Waals surface area contributed by atoms with Crippen LogP contribution in [-0.4, -0.2) is 32.9 Å². The van der Waals surface area contributed by atoms with E-state index in [1.54, 1.807) is 43.3 Å². The molecular weight excluding hydrogens is 428 g/mol. The molecule has 33 heavy (non-hydrogen) atoms. The Hall–Kier alpha value is -4.16. The number of methoxy groups -OCH3 is 1. The van der Waals surface area contributed by atoms with E-state index in [9.17, 15) is 9.59 Å². The van der Waals surface area contributed by atoms with Crippen LogP contribution in [0.4, 0.5) is 0 Å². The van der Waals surface area contributed by atoms with E-state index in [0.29, 0.717) is 36.0 Å². The highest BCUT2D eigenvalue weighted by Gasteiger charge is 2.22. The minimum absolute atomic E-state index is 0.0844. The van der Waals surface area contributed by atoms with Crippen molar-refractivity contribution in [3.8, 4) is 40.1 Å². The fraction of sp³-hybridized carbons (Fsp3) is 0.240. The Morgan fingerprint density at radius 3 is 2.48 bits per heavy atom. The van der Waals surface area contributed by atoms with Crippen LogP contribution in [-0.2, 0) is 4.79 Å². The quantitative estimate of drug-likeness (QED) is 0.238. The lowest BCUT2D eigenvalue weighted by molar-refractivity contribution is 0.324. The number of hydrogen-bond acceptors (Lipinski definition) is 8. The van der Waals surface area contributed by atoms with E-state index in [1.165, 1.54) is 13.1 Å². The maximum absolute atomic E-state index is 13.4. The number of rotatable bonds is 11. The van der Waals surface area contributed by atoms with Gasteiger partial charge in [-0.2, -0.15) is 0 Å². The second-order valence-corrected chi connectivity index (χ2v) is 6.57. The van der Waals surface area contributed by atoms with E-state index in [-0.39, 0.29) is 34.8 Å². The van der Waals surface area contributed by atoms with Crippen molar-refractivity contribution in [2.45, 2.75) is 13.8 Å². The molecule has 3 rings (SSSR count). The van der Waals surface area contributed by atoms with Crippen molar-refractivity contribution < 1.29 is 32.9 Å². The van der Waals surface area contributed by atoms with E-state index in [1.807, 2.05) is 6.92 Å². The van der Waals surface area contributed by atoms with Crippen LogP contribution < -0.4 is 29.1 Å². The molecule has 0 spiro atoms. The van der Waals surface area contributed by atoms with Crippen LogP contribution in [0.5, 0.6) is 28.7 Å². The van der Waals surface area contributed by atoms with Crippen LogP contribution in [0, 0.1) is 0 Å². The Morgan fingerprint density at radius 2 is 1.82 bits per heavy atom. The summed E-state index contributed by atoms with van der Waals surface area (Å²) in [7, 11) is 1.51. The Labute approximate surface area is 190 Å². The normalized spacial score (nSPS) is 10.3. The first-order chi connectivity index (χ1) is 16.1. The van der Waals surface area contributed by atoms with Crippen molar-refractivity contribution in [3.05, 3.63) is 59.5 Å². The molecule has 0 fully saturated rings. The second-order valence-electron chi connectivity index (χ2n) is 6.57. The molecule has 0 saturated heterocycles. The Kier molecular flexibility index (Phi) is 7.78. The summed E-state index contributed by atoms with van der Waals surface area (Å²) in [6.07, 6.45) is 2.34. The first kappa shape index (κ1) is 23.5. The van der Waals surface area contributed by atoms with Gasteiger partial charge in [0.1, 0.15) is 29.1 Å². The van der Waals surface area contributed by atoms with E-state index >= 15 is 0 Å². The summed E-state index contributed by atoms with van der Waals surface area (Å²) in [6.45, 7) is 8.26. The number of carbonyl (C=O) groups excluding carboxylic acids is 1. The third-order valence-electron chi connectivity index (χ3n) is 4.51. The summed E-state index contributed by atoms with van der Waals surface area (Å²) < 4.78 is 33.7. The van der Waals surface area contributed by atoms with E-state index < -0.39 is 5.43 Å². The highest BCUT2D eigenvalue weighted by Crippen LogP contribution is 2.39. The van der Waals surface area contributed by atoms with Gasteiger partial charge in [0.05, 0.1) is 20.3 Å². The van der Waals surface area contributed by atoms with Gasteiger partial charge in [-0.25, -0.2) is 4.79 Å². The molecule has 0 atom stereocenters. The van der Waals surface area contributed by atoms with Gasteiger partial charge >= 0.3 is 0 Å². The van der Waals surface area contributed by atoms with E-state index in [2.05, 4.69) is 6.58 Å². The van der Waals surface area contributed by atoms with Crippen molar-refractivity contribution in [3.63, 3.8) is 0 Å². The third-order valence-corrected chi connectivity index (χ3v) is 4.51.